The zero-order valence-electron chi connectivity index (χ0n) is 17.3. The molecule has 1 aromatic heterocycles. The molecule has 5 nitrogen and oxygen atoms in total. The van der Waals surface area contributed by atoms with Gasteiger partial charge in [0.1, 0.15) is 0 Å². The lowest BCUT2D eigenvalue weighted by molar-refractivity contribution is -0.129. The Bertz CT molecular complexity index is 936. The monoisotopic (exact) mass is 433 g/mol. The number of aromatic nitrogens is 2. The molecule has 1 aromatic carbocycles. The topological polar surface area (TPSA) is 55.2 Å². The van der Waals surface area contributed by atoms with E-state index in [1.54, 1.807) is 11.6 Å². The van der Waals surface area contributed by atoms with E-state index in [0.717, 1.165) is 37.2 Å². The standard InChI is InChI=1S/C22H28ClN3O2S/c1-4-19-18(13-16-6-5-7-17(23)12-16)21(28)25(3)22(24-19)29-14-20(27)26-10-8-15(2)9-11-26/h5-7,12,15H,4,8-11,13-14H2,1-3H3. The second-order valence-electron chi connectivity index (χ2n) is 7.70. The molecule has 1 fully saturated rings. The van der Waals surface area contributed by atoms with Gasteiger partial charge in [0.05, 0.1) is 11.4 Å². The molecule has 156 valence electrons. The third-order valence-corrected chi connectivity index (χ3v) is 6.74. The van der Waals surface area contributed by atoms with Crippen LogP contribution < -0.4 is 5.56 Å². The first kappa shape index (κ1) is 21.9. The first-order chi connectivity index (χ1) is 13.9. The van der Waals surface area contributed by atoms with Gasteiger partial charge in [-0.1, -0.05) is 49.3 Å². The highest BCUT2D eigenvalue weighted by molar-refractivity contribution is 7.99. The largest absolute Gasteiger partial charge is 0.342 e. The molecule has 0 saturated carbocycles. The van der Waals surface area contributed by atoms with E-state index in [2.05, 4.69) is 6.92 Å². The van der Waals surface area contributed by atoms with Crippen LogP contribution in [0.1, 0.15) is 43.5 Å². The predicted octanol–water partition coefficient (Wildman–Crippen LogP) is 3.94. The molecule has 1 aliphatic heterocycles. The highest BCUT2D eigenvalue weighted by Crippen LogP contribution is 2.21. The Kier molecular flexibility index (Phi) is 7.41. The summed E-state index contributed by atoms with van der Waals surface area (Å²) in [6.07, 6.45) is 3.29. The molecule has 0 spiro atoms. The number of aryl methyl sites for hydroxylation is 1. The number of piperidine rings is 1. The zero-order chi connectivity index (χ0) is 21.0. The number of thioether (sulfide) groups is 1. The summed E-state index contributed by atoms with van der Waals surface area (Å²) < 4.78 is 1.56. The number of hydrogen-bond acceptors (Lipinski definition) is 4. The van der Waals surface area contributed by atoms with Gasteiger partial charge in [-0.25, -0.2) is 4.98 Å². The van der Waals surface area contributed by atoms with Crippen LogP contribution in [0.2, 0.25) is 5.02 Å². The van der Waals surface area contributed by atoms with Crippen LogP contribution in [0.25, 0.3) is 0 Å². The van der Waals surface area contributed by atoms with E-state index in [0.29, 0.717) is 40.3 Å². The summed E-state index contributed by atoms with van der Waals surface area (Å²) in [6.45, 7) is 5.88. The fourth-order valence-electron chi connectivity index (χ4n) is 3.60. The Hall–Kier alpha value is -1.79. The first-order valence-corrected chi connectivity index (χ1v) is 11.5. The molecule has 0 bridgehead atoms. The van der Waals surface area contributed by atoms with Gasteiger partial charge in [0.15, 0.2) is 5.16 Å². The van der Waals surface area contributed by atoms with E-state index >= 15 is 0 Å². The van der Waals surface area contributed by atoms with Crippen LogP contribution in [0.15, 0.2) is 34.2 Å². The molecule has 1 saturated heterocycles. The van der Waals surface area contributed by atoms with Crippen molar-refractivity contribution in [3.8, 4) is 0 Å². The van der Waals surface area contributed by atoms with E-state index in [9.17, 15) is 9.59 Å². The average Bonchev–Trinajstić information content (AvgIpc) is 2.71. The number of carbonyl (C=O) groups excluding carboxylic acids is 1. The Balaban J connectivity index is 1.76. The lowest BCUT2D eigenvalue weighted by atomic mass is 9.99. The molecule has 2 aromatic rings. The highest BCUT2D eigenvalue weighted by atomic mass is 35.5. The number of halogens is 1. The number of carbonyl (C=O) groups is 1. The van der Waals surface area contributed by atoms with Gasteiger partial charge < -0.3 is 4.90 Å². The van der Waals surface area contributed by atoms with Crippen molar-refractivity contribution in [3.63, 3.8) is 0 Å². The third-order valence-electron chi connectivity index (χ3n) is 5.49. The second-order valence-corrected chi connectivity index (χ2v) is 9.07. The van der Waals surface area contributed by atoms with Crippen LogP contribution in [0.4, 0.5) is 0 Å². The number of nitrogens with zero attached hydrogens (tertiary/aromatic N) is 3. The average molecular weight is 434 g/mol. The summed E-state index contributed by atoms with van der Waals surface area (Å²) in [4.78, 5) is 32.2. The highest BCUT2D eigenvalue weighted by Gasteiger charge is 2.21. The summed E-state index contributed by atoms with van der Waals surface area (Å²) in [7, 11) is 1.73. The van der Waals surface area contributed by atoms with Crippen molar-refractivity contribution in [2.24, 2.45) is 13.0 Å². The molecule has 2 heterocycles. The molecule has 0 N–H and O–H groups in total. The summed E-state index contributed by atoms with van der Waals surface area (Å²) >= 11 is 7.44. The van der Waals surface area contributed by atoms with Gasteiger partial charge in [0.2, 0.25) is 5.91 Å². The van der Waals surface area contributed by atoms with Crippen molar-refractivity contribution in [1.29, 1.82) is 0 Å². The fraction of sp³-hybridized carbons (Fsp3) is 0.500. The maximum Gasteiger partial charge on any atom is 0.257 e. The van der Waals surface area contributed by atoms with Crippen molar-refractivity contribution in [2.45, 2.75) is 44.7 Å². The lowest BCUT2D eigenvalue weighted by Gasteiger charge is -2.30. The molecular formula is C22H28ClN3O2S. The van der Waals surface area contributed by atoms with Crippen LogP contribution in [0.3, 0.4) is 0 Å². The van der Waals surface area contributed by atoms with E-state index in [1.165, 1.54) is 11.8 Å². The lowest BCUT2D eigenvalue weighted by Crippen LogP contribution is -2.39. The van der Waals surface area contributed by atoms with Crippen LogP contribution >= 0.6 is 23.4 Å². The fourth-order valence-corrected chi connectivity index (χ4v) is 4.70. The second kappa shape index (κ2) is 9.81. The third kappa shape index (κ3) is 5.43. The Labute approximate surface area is 181 Å². The summed E-state index contributed by atoms with van der Waals surface area (Å²) in [5, 5.41) is 1.25. The van der Waals surface area contributed by atoms with Crippen molar-refractivity contribution in [1.82, 2.24) is 14.5 Å². The van der Waals surface area contributed by atoms with Crippen LogP contribution in [-0.2, 0) is 24.7 Å². The van der Waals surface area contributed by atoms with Crippen molar-refractivity contribution in [3.05, 3.63) is 56.5 Å². The predicted molar refractivity (Wildman–Crippen MR) is 119 cm³/mol. The first-order valence-electron chi connectivity index (χ1n) is 10.1. The Morgan fingerprint density at radius 2 is 2.03 bits per heavy atom. The van der Waals surface area contributed by atoms with E-state index in [1.807, 2.05) is 36.1 Å². The molecule has 7 heteroatoms. The number of hydrogen-bond donors (Lipinski definition) is 0. The summed E-state index contributed by atoms with van der Waals surface area (Å²) in [6, 6.07) is 7.55. The summed E-state index contributed by atoms with van der Waals surface area (Å²) in [5.74, 6) is 1.12. The smallest absolute Gasteiger partial charge is 0.257 e. The minimum absolute atomic E-state index is 0.0569. The Morgan fingerprint density at radius 1 is 1.31 bits per heavy atom. The van der Waals surface area contributed by atoms with Gasteiger partial charge in [-0.2, -0.15) is 0 Å². The molecule has 1 aliphatic rings. The summed E-state index contributed by atoms with van der Waals surface area (Å²) in [5.41, 5.74) is 2.41. The van der Waals surface area contributed by atoms with Crippen LogP contribution in [0, 0.1) is 5.92 Å². The zero-order valence-corrected chi connectivity index (χ0v) is 18.9. The SMILES string of the molecule is CCc1nc(SCC(=O)N2CCC(C)CC2)n(C)c(=O)c1Cc1cccc(Cl)c1. The maximum atomic E-state index is 13.0. The minimum Gasteiger partial charge on any atom is -0.342 e. The molecule has 0 aliphatic carbocycles. The van der Waals surface area contributed by atoms with E-state index in [-0.39, 0.29) is 11.5 Å². The van der Waals surface area contributed by atoms with Gasteiger partial charge >= 0.3 is 0 Å². The van der Waals surface area contributed by atoms with Crippen molar-refractivity contribution >= 4 is 29.3 Å². The molecular weight excluding hydrogens is 406 g/mol. The van der Waals surface area contributed by atoms with Gasteiger partial charge in [-0.3, -0.25) is 14.2 Å². The maximum absolute atomic E-state index is 13.0. The molecule has 0 unspecified atom stereocenters. The van der Waals surface area contributed by atoms with Crippen LogP contribution in [-0.4, -0.2) is 39.2 Å². The van der Waals surface area contributed by atoms with E-state index in [4.69, 9.17) is 16.6 Å². The number of benzene rings is 1. The van der Waals surface area contributed by atoms with Crippen molar-refractivity contribution in [2.75, 3.05) is 18.8 Å². The van der Waals surface area contributed by atoms with Gasteiger partial charge in [-0.05, 0) is 42.9 Å². The van der Waals surface area contributed by atoms with Gasteiger partial charge in [-0.15, -0.1) is 0 Å². The van der Waals surface area contributed by atoms with Crippen LogP contribution in [0.5, 0.6) is 0 Å². The van der Waals surface area contributed by atoms with E-state index < -0.39 is 0 Å². The number of likely N-dealkylation sites (tertiary alicyclic amines) is 1. The molecule has 0 radical (unpaired) electrons. The molecule has 3 rings (SSSR count). The normalized spacial score (nSPS) is 15.0. The van der Waals surface area contributed by atoms with Gasteiger partial charge in [0.25, 0.3) is 5.56 Å². The Morgan fingerprint density at radius 3 is 2.69 bits per heavy atom. The molecule has 29 heavy (non-hydrogen) atoms. The molecule has 1 amide bonds. The minimum atomic E-state index is -0.0569. The number of amides is 1. The number of rotatable bonds is 6. The van der Waals surface area contributed by atoms with Gasteiger partial charge in [0, 0.05) is 37.1 Å². The quantitative estimate of drug-likeness (QED) is 0.511. The van der Waals surface area contributed by atoms with Crippen molar-refractivity contribution < 1.29 is 4.79 Å². The molecule has 0 atom stereocenters.